The van der Waals surface area contributed by atoms with E-state index in [-0.39, 0.29) is 58.6 Å². The molecular weight excluding hydrogens is 610 g/mol. The molecule has 13 heteroatoms. The van der Waals surface area contributed by atoms with Gasteiger partial charge in [-0.1, -0.05) is 17.3 Å². The number of phenolic OH excluding ortho intramolecular Hbond substituents is 2. The highest BCUT2D eigenvalue weighted by Gasteiger charge is 2.32. The highest BCUT2D eigenvalue weighted by Crippen LogP contribution is 2.47. The first-order valence-corrected chi connectivity index (χ1v) is 15.4. The molecule has 1 amide bonds. The highest BCUT2D eigenvalue weighted by molar-refractivity contribution is 5.98. The number of carbonyl (C=O) groups excluding carboxylic acids is 3. The SMILES string of the molecule is COc1cc(C(CC(=O)NCc2nc(C)no2)c2c(O)cc3c(c2O)C(=O)O[C@@H](C)CCCC(=O)CCCC=C3)cc(OC)c1OC. The maximum atomic E-state index is 13.6. The van der Waals surface area contributed by atoms with E-state index in [1.54, 1.807) is 38.1 Å². The number of hydrogen-bond acceptors (Lipinski definition) is 12. The van der Waals surface area contributed by atoms with E-state index >= 15 is 0 Å². The number of benzene rings is 2. The molecule has 3 aromatic rings. The quantitative estimate of drug-likeness (QED) is 0.260. The number of aromatic nitrogens is 2. The van der Waals surface area contributed by atoms with Crippen LogP contribution in [0.4, 0.5) is 0 Å². The number of nitrogens with one attached hydrogen (secondary N) is 1. The van der Waals surface area contributed by atoms with Crippen LogP contribution in [-0.4, -0.2) is 65.4 Å². The Balaban J connectivity index is 1.84. The minimum Gasteiger partial charge on any atom is -0.507 e. The van der Waals surface area contributed by atoms with Crippen molar-refractivity contribution in [2.45, 2.75) is 77.4 Å². The fourth-order valence-corrected chi connectivity index (χ4v) is 5.55. The molecule has 1 aliphatic heterocycles. The first kappa shape index (κ1) is 34.8. The third-order valence-electron chi connectivity index (χ3n) is 7.89. The molecule has 2 atom stereocenters. The second-order valence-electron chi connectivity index (χ2n) is 11.3. The van der Waals surface area contributed by atoms with Crippen molar-refractivity contribution in [1.29, 1.82) is 0 Å². The number of aryl methyl sites for hydroxylation is 1. The number of fused-ring (bicyclic) bond motifs is 1. The van der Waals surface area contributed by atoms with Crippen molar-refractivity contribution in [2.24, 2.45) is 0 Å². The molecule has 0 spiro atoms. The summed E-state index contributed by atoms with van der Waals surface area (Å²) in [6.45, 7) is 3.32. The van der Waals surface area contributed by atoms with Gasteiger partial charge in [-0.2, -0.15) is 4.98 Å². The van der Waals surface area contributed by atoms with Gasteiger partial charge in [-0.25, -0.2) is 4.79 Å². The average molecular weight is 652 g/mol. The van der Waals surface area contributed by atoms with Gasteiger partial charge in [-0.3, -0.25) is 9.59 Å². The van der Waals surface area contributed by atoms with E-state index in [0.29, 0.717) is 55.7 Å². The Hall–Kier alpha value is -5.07. The predicted octanol–water partition coefficient (Wildman–Crippen LogP) is 5.14. The minimum absolute atomic E-state index is 0.0512. The van der Waals surface area contributed by atoms with Crippen LogP contribution in [-0.2, 0) is 20.9 Å². The molecule has 0 aliphatic carbocycles. The molecule has 252 valence electrons. The largest absolute Gasteiger partial charge is 0.507 e. The number of aromatic hydroxyl groups is 2. The third kappa shape index (κ3) is 8.60. The second kappa shape index (κ2) is 16.0. The normalized spacial score (nSPS) is 16.4. The van der Waals surface area contributed by atoms with E-state index in [4.69, 9.17) is 23.5 Å². The molecule has 2 heterocycles. The van der Waals surface area contributed by atoms with E-state index in [0.717, 1.165) is 0 Å². The van der Waals surface area contributed by atoms with E-state index < -0.39 is 29.6 Å². The van der Waals surface area contributed by atoms with Crippen molar-refractivity contribution >= 4 is 23.7 Å². The minimum atomic E-state index is -1.02. The summed E-state index contributed by atoms with van der Waals surface area (Å²) in [4.78, 5) is 43.3. The first-order valence-electron chi connectivity index (χ1n) is 15.4. The molecular formula is C34H41N3O10. The topological polar surface area (TPSA) is 180 Å². The van der Waals surface area contributed by atoms with Gasteiger partial charge in [0.15, 0.2) is 17.3 Å². The fraction of sp³-hybridized carbons (Fsp3) is 0.441. The molecule has 47 heavy (non-hydrogen) atoms. The monoisotopic (exact) mass is 651 g/mol. The lowest BCUT2D eigenvalue weighted by atomic mass is 9.84. The molecule has 0 saturated carbocycles. The highest BCUT2D eigenvalue weighted by atomic mass is 16.5. The van der Waals surface area contributed by atoms with Gasteiger partial charge < -0.3 is 39.0 Å². The van der Waals surface area contributed by atoms with Crippen LogP contribution in [0.2, 0.25) is 0 Å². The van der Waals surface area contributed by atoms with Gasteiger partial charge in [0.2, 0.25) is 17.5 Å². The Morgan fingerprint density at radius 1 is 1.06 bits per heavy atom. The number of carbonyl (C=O) groups is 3. The number of allylic oxidation sites excluding steroid dienone is 1. The Morgan fingerprint density at radius 3 is 2.40 bits per heavy atom. The molecule has 0 bridgehead atoms. The fourth-order valence-electron chi connectivity index (χ4n) is 5.55. The van der Waals surface area contributed by atoms with Gasteiger partial charge >= 0.3 is 5.97 Å². The van der Waals surface area contributed by atoms with Crippen LogP contribution >= 0.6 is 0 Å². The second-order valence-corrected chi connectivity index (χ2v) is 11.3. The average Bonchev–Trinajstić information content (AvgIpc) is 3.46. The van der Waals surface area contributed by atoms with Crippen LogP contribution in [0.15, 0.2) is 28.8 Å². The lowest BCUT2D eigenvalue weighted by Crippen LogP contribution is -2.25. The summed E-state index contributed by atoms with van der Waals surface area (Å²) in [5.41, 5.74) is 0.403. The number of hydrogen-bond donors (Lipinski definition) is 3. The molecule has 3 N–H and O–H groups in total. The lowest BCUT2D eigenvalue weighted by Gasteiger charge is -2.24. The van der Waals surface area contributed by atoms with Gasteiger partial charge in [0.25, 0.3) is 0 Å². The summed E-state index contributed by atoms with van der Waals surface area (Å²) in [5, 5.41) is 29.7. The molecule has 0 radical (unpaired) electrons. The summed E-state index contributed by atoms with van der Waals surface area (Å²) in [7, 11) is 4.33. The van der Waals surface area contributed by atoms with Gasteiger partial charge in [0.1, 0.15) is 22.8 Å². The molecule has 1 aliphatic rings. The number of nitrogens with zero attached hydrogens (tertiary/aromatic N) is 2. The number of ketones is 1. The summed E-state index contributed by atoms with van der Waals surface area (Å²) in [5.74, 6) is -1.58. The number of ether oxygens (including phenoxy) is 4. The van der Waals surface area contributed by atoms with Crippen LogP contribution in [0, 0.1) is 6.92 Å². The Bertz CT molecular complexity index is 1610. The number of esters is 1. The van der Waals surface area contributed by atoms with Crippen LogP contribution < -0.4 is 19.5 Å². The van der Waals surface area contributed by atoms with E-state index in [9.17, 15) is 24.6 Å². The van der Waals surface area contributed by atoms with Crippen molar-refractivity contribution in [1.82, 2.24) is 15.5 Å². The Kier molecular flexibility index (Phi) is 11.8. The Labute approximate surface area is 272 Å². The van der Waals surface area contributed by atoms with Crippen LogP contribution in [0.25, 0.3) is 6.08 Å². The number of rotatable bonds is 9. The summed E-state index contributed by atoms with van der Waals surface area (Å²) in [6.07, 6.45) is 5.58. The predicted molar refractivity (Wildman–Crippen MR) is 170 cm³/mol. The smallest absolute Gasteiger partial charge is 0.342 e. The molecule has 13 nitrogen and oxygen atoms in total. The molecule has 2 aromatic carbocycles. The lowest BCUT2D eigenvalue weighted by molar-refractivity contribution is -0.121. The van der Waals surface area contributed by atoms with Crippen molar-refractivity contribution in [3.63, 3.8) is 0 Å². The van der Waals surface area contributed by atoms with E-state index in [1.807, 2.05) is 0 Å². The van der Waals surface area contributed by atoms with Crippen molar-refractivity contribution < 1.29 is 48.1 Å². The molecule has 4 rings (SSSR count). The molecule has 1 aromatic heterocycles. The standard InChI is InChI=1S/C34H41N3O10/c1-19-10-9-13-23(38)12-8-6-7-11-21-14-25(39)31(32(41)30(21)34(42)46-19)24(17-28(40)35-18-29-36-20(2)37-47-29)22-15-26(43-3)33(45-5)27(16-22)44-4/h7,11,14-16,19,24,39,41H,6,8-10,12-13,17-18H2,1-5H3,(H,35,40)/t19-,24?/m0/s1. The van der Waals surface area contributed by atoms with Crippen molar-refractivity contribution in [3.05, 3.63) is 58.2 Å². The van der Waals surface area contributed by atoms with E-state index in [2.05, 4.69) is 15.5 Å². The van der Waals surface area contributed by atoms with Gasteiger partial charge in [-0.05, 0) is 68.9 Å². The van der Waals surface area contributed by atoms with Gasteiger partial charge in [0, 0.05) is 30.7 Å². The molecule has 0 fully saturated rings. The van der Waals surface area contributed by atoms with Gasteiger partial charge in [0.05, 0.1) is 34.0 Å². The first-order chi connectivity index (χ1) is 22.6. The number of amides is 1. The Morgan fingerprint density at radius 2 is 1.77 bits per heavy atom. The number of methoxy groups -OCH3 is 3. The number of Topliss-reactive ketones (excluding diaryl/α,β-unsaturated/α-hetero) is 1. The molecule has 0 saturated heterocycles. The zero-order chi connectivity index (χ0) is 34.1. The molecule has 1 unspecified atom stereocenters. The zero-order valence-corrected chi connectivity index (χ0v) is 27.3. The van der Waals surface area contributed by atoms with Crippen molar-refractivity contribution in [2.75, 3.05) is 21.3 Å². The maximum absolute atomic E-state index is 13.6. The van der Waals surface area contributed by atoms with Crippen LogP contribution in [0.3, 0.4) is 0 Å². The summed E-state index contributed by atoms with van der Waals surface area (Å²) in [6, 6.07) is 4.56. The van der Waals surface area contributed by atoms with Crippen LogP contribution in [0.5, 0.6) is 28.7 Å². The summed E-state index contributed by atoms with van der Waals surface area (Å²) < 4.78 is 27.3. The number of cyclic esters (lactones) is 1. The zero-order valence-electron chi connectivity index (χ0n) is 27.3. The number of phenols is 2. The third-order valence-corrected chi connectivity index (χ3v) is 7.89. The maximum Gasteiger partial charge on any atom is 0.342 e. The van der Waals surface area contributed by atoms with Crippen molar-refractivity contribution in [3.8, 4) is 28.7 Å². The van der Waals surface area contributed by atoms with Crippen LogP contribution in [0.1, 0.15) is 96.6 Å². The van der Waals surface area contributed by atoms with Gasteiger partial charge in [-0.15, -0.1) is 0 Å². The van der Waals surface area contributed by atoms with E-state index in [1.165, 1.54) is 27.4 Å². The summed E-state index contributed by atoms with van der Waals surface area (Å²) >= 11 is 0.